The van der Waals surface area contributed by atoms with Crippen molar-refractivity contribution in [2.45, 2.75) is 39.8 Å². The lowest BCUT2D eigenvalue weighted by Gasteiger charge is -2.27. The van der Waals surface area contributed by atoms with E-state index in [2.05, 4.69) is 12.2 Å². The molecule has 0 fully saturated rings. The number of hydrogen-bond donors (Lipinski definition) is 2. The summed E-state index contributed by atoms with van der Waals surface area (Å²) in [5, 5.41) is 12.5. The van der Waals surface area contributed by atoms with Crippen molar-refractivity contribution in [3.63, 3.8) is 0 Å². The highest BCUT2D eigenvalue weighted by Gasteiger charge is 2.38. The van der Waals surface area contributed by atoms with Crippen LogP contribution in [0.25, 0.3) is 11.1 Å². The van der Waals surface area contributed by atoms with E-state index in [1.165, 1.54) is 10.5 Å². The number of amides is 2. The van der Waals surface area contributed by atoms with E-state index in [1.54, 1.807) is 13.8 Å². The summed E-state index contributed by atoms with van der Waals surface area (Å²) < 4.78 is 0. The molecule has 6 nitrogen and oxygen atoms in total. The molecule has 6 heteroatoms. The largest absolute Gasteiger partial charge is 0.480 e. The van der Waals surface area contributed by atoms with Crippen molar-refractivity contribution in [2.75, 3.05) is 5.32 Å². The second-order valence-electron chi connectivity index (χ2n) is 8.91. The maximum absolute atomic E-state index is 13.0. The molecule has 34 heavy (non-hydrogen) atoms. The Balaban J connectivity index is 1.50. The number of nitrogens with one attached hydrogen (secondary N) is 1. The second-order valence-corrected chi connectivity index (χ2v) is 8.91. The fourth-order valence-corrected chi connectivity index (χ4v) is 4.35. The van der Waals surface area contributed by atoms with E-state index in [9.17, 15) is 19.5 Å². The fourth-order valence-electron chi connectivity index (χ4n) is 4.35. The summed E-state index contributed by atoms with van der Waals surface area (Å²) in [6.45, 7) is 5.98. The standard InChI is InChI=1S/C28H28N2O4/c1-4-18-5-7-20(8-6-18)26(31)29-23-13-11-19(12-14-23)21-9-10-22-16-30(27(32)24(22)15-21)25(17(2)3)28(33)34/h5-15,17,25H,4,16H2,1-3H3,(H,29,31)(H,33,34). The zero-order valence-electron chi connectivity index (χ0n) is 19.5. The van der Waals surface area contributed by atoms with Gasteiger partial charge < -0.3 is 15.3 Å². The van der Waals surface area contributed by atoms with Gasteiger partial charge >= 0.3 is 5.97 Å². The predicted molar refractivity (Wildman–Crippen MR) is 132 cm³/mol. The number of fused-ring (bicyclic) bond motifs is 1. The highest BCUT2D eigenvalue weighted by atomic mass is 16.4. The average molecular weight is 457 g/mol. The fraction of sp³-hybridized carbons (Fsp3) is 0.250. The van der Waals surface area contributed by atoms with Crippen molar-refractivity contribution in [1.29, 1.82) is 0 Å². The van der Waals surface area contributed by atoms with Gasteiger partial charge in [0.05, 0.1) is 0 Å². The number of carboxylic acid groups (broad SMARTS) is 1. The molecule has 2 amide bonds. The third kappa shape index (κ3) is 4.57. The summed E-state index contributed by atoms with van der Waals surface area (Å²) in [6, 6.07) is 19.8. The maximum Gasteiger partial charge on any atom is 0.326 e. The number of aryl methyl sites for hydroxylation is 1. The predicted octanol–water partition coefficient (Wildman–Crippen LogP) is 5.23. The average Bonchev–Trinajstić information content (AvgIpc) is 3.14. The van der Waals surface area contributed by atoms with E-state index in [1.807, 2.05) is 66.7 Å². The van der Waals surface area contributed by atoms with Crippen LogP contribution in [0.15, 0.2) is 66.7 Å². The maximum atomic E-state index is 13.0. The van der Waals surface area contributed by atoms with Gasteiger partial charge in [0, 0.05) is 23.4 Å². The van der Waals surface area contributed by atoms with Crippen molar-refractivity contribution < 1.29 is 19.5 Å². The molecule has 3 aromatic rings. The molecule has 174 valence electrons. The summed E-state index contributed by atoms with van der Waals surface area (Å²) in [4.78, 5) is 38.7. The molecule has 2 N–H and O–H groups in total. The highest BCUT2D eigenvalue weighted by Crippen LogP contribution is 2.31. The van der Waals surface area contributed by atoms with E-state index in [0.29, 0.717) is 23.4 Å². The Morgan fingerprint density at radius 2 is 1.62 bits per heavy atom. The monoisotopic (exact) mass is 456 g/mol. The van der Waals surface area contributed by atoms with Crippen LogP contribution >= 0.6 is 0 Å². The minimum absolute atomic E-state index is 0.170. The summed E-state index contributed by atoms with van der Waals surface area (Å²) in [6.07, 6.45) is 0.924. The van der Waals surface area contributed by atoms with Crippen LogP contribution in [0.2, 0.25) is 0 Å². The minimum atomic E-state index is -0.990. The number of nitrogens with zero attached hydrogens (tertiary/aromatic N) is 1. The van der Waals surface area contributed by atoms with Crippen LogP contribution in [0, 0.1) is 5.92 Å². The first-order chi connectivity index (χ1) is 16.3. The van der Waals surface area contributed by atoms with Crippen molar-refractivity contribution >= 4 is 23.5 Å². The van der Waals surface area contributed by atoms with Gasteiger partial charge in [0.1, 0.15) is 6.04 Å². The van der Waals surface area contributed by atoms with E-state index in [-0.39, 0.29) is 17.7 Å². The first-order valence-corrected chi connectivity index (χ1v) is 11.5. The minimum Gasteiger partial charge on any atom is -0.480 e. The van der Waals surface area contributed by atoms with Crippen molar-refractivity contribution in [3.05, 3.63) is 89.0 Å². The van der Waals surface area contributed by atoms with Gasteiger partial charge in [-0.05, 0) is 64.9 Å². The van der Waals surface area contributed by atoms with E-state index in [4.69, 9.17) is 0 Å². The van der Waals surface area contributed by atoms with Crippen LogP contribution in [0.1, 0.15) is 52.6 Å². The van der Waals surface area contributed by atoms with Gasteiger partial charge in [0.15, 0.2) is 0 Å². The van der Waals surface area contributed by atoms with Gasteiger partial charge in [-0.2, -0.15) is 0 Å². The van der Waals surface area contributed by atoms with Crippen LogP contribution in [-0.2, 0) is 17.8 Å². The van der Waals surface area contributed by atoms with Gasteiger partial charge in [-0.1, -0.05) is 57.2 Å². The molecule has 0 bridgehead atoms. The SMILES string of the molecule is CCc1ccc(C(=O)Nc2ccc(-c3ccc4c(c3)C(=O)N(C(C(=O)O)C(C)C)C4)cc2)cc1. The number of carbonyl (C=O) groups is 3. The van der Waals surface area contributed by atoms with Crippen LogP contribution in [0.4, 0.5) is 5.69 Å². The Hall–Kier alpha value is -3.93. The molecule has 0 saturated carbocycles. The first kappa shape index (κ1) is 23.2. The van der Waals surface area contributed by atoms with Crippen molar-refractivity contribution in [2.24, 2.45) is 5.92 Å². The number of aliphatic carboxylic acids is 1. The second kappa shape index (κ2) is 9.51. The quantitative estimate of drug-likeness (QED) is 0.509. The number of carbonyl (C=O) groups excluding carboxylic acids is 2. The molecule has 1 aliphatic heterocycles. The molecule has 0 saturated heterocycles. The molecule has 0 aromatic heterocycles. The van der Waals surface area contributed by atoms with Crippen LogP contribution in [-0.4, -0.2) is 33.8 Å². The smallest absolute Gasteiger partial charge is 0.326 e. The lowest BCUT2D eigenvalue weighted by molar-refractivity contribution is -0.144. The number of anilines is 1. The topological polar surface area (TPSA) is 86.7 Å². The normalized spacial score (nSPS) is 13.6. The number of carboxylic acids is 1. The van der Waals surface area contributed by atoms with Gasteiger partial charge in [-0.3, -0.25) is 9.59 Å². The van der Waals surface area contributed by atoms with Gasteiger partial charge in [-0.15, -0.1) is 0 Å². The molecule has 4 rings (SSSR count). The Morgan fingerprint density at radius 1 is 0.971 bits per heavy atom. The molecule has 0 aliphatic carbocycles. The lowest BCUT2D eigenvalue weighted by Crippen LogP contribution is -2.44. The van der Waals surface area contributed by atoms with Crippen LogP contribution in [0.3, 0.4) is 0 Å². The molecule has 1 aliphatic rings. The molecule has 1 unspecified atom stereocenters. The summed E-state index contributed by atoms with van der Waals surface area (Å²) in [5.74, 6) is -1.61. The van der Waals surface area contributed by atoms with Crippen molar-refractivity contribution in [3.8, 4) is 11.1 Å². The summed E-state index contributed by atoms with van der Waals surface area (Å²) in [7, 11) is 0. The molecular formula is C28H28N2O4. The van der Waals surface area contributed by atoms with Crippen LogP contribution in [0.5, 0.6) is 0 Å². The lowest BCUT2D eigenvalue weighted by atomic mass is 10.00. The Kier molecular flexibility index (Phi) is 6.50. The van der Waals surface area contributed by atoms with E-state index >= 15 is 0 Å². The number of rotatable bonds is 7. The zero-order valence-corrected chi connectivity index (χ0v) is 19.5. The molecule has 0 radical (unpaired) electrons. The molecule has 0 spiro atoms. The number of hydrogen-bond acceptors (Lipinski definition) is 3. The third-order valence-corrected chi connectivity index (χ3v) is 6.26. The van der Waals surface area contributed by atoms with Crippen LogP contribution < -0.4 is 5.32 Å². The van der Waals surface area contributed by atoms with E-state index in [0.717, 1.165) is 23.1 Å². The molecule has 1 atom stereocenters. The molecule has 1 heterocycles. The summed E-state index contributed by atoms with van der Waals surface area (Å²) >= 11 is 0. The van der Waals surface area contributed by atoms with E-state index < -0.39 is 12.0 Å². The Bertz CT molecular complexity index is 1230. The first-order valence-electron chi connectivity index (χ1n) is 11.5. The van der Waals surface area contributed by atoms with Crippen molar-refractivity contribution in [1.82, 2.24) is 4.90 Å². The molecular weight excluding hydrogens is 428 g/mol. The summed E-state index contributed by atoms with van der Waals surface area (Å²) in [5.41, 5.74) is 5.59. The highest BCUT2D eigenvalue weighted by molar-refractivity contribution is 6.04. The third-order valence-electron chi connectivity index (χ3n) is 6.26. The van der Waals surface area contributed by atoms with Gasteiger partial charge in [0.25, 0.3) is 11.8 Å². The zero-order chi connectivity index (χ0) is 24.4. The van der Waals surface area contributed by atoms with Gasteiger partial charge in [0.2, 0.25) is 0 Å². The Morgan fingerprint density at radius 3 is 2.21 bits per heavy atom. The van der Waals surface area contributed by atoms with Gasteiger partial charge in [-0.25, -0.2) is 4.79 Å². The number of benzene rings is 3. The Labute approximate surface area is 199 Å². The molecule has 3 aromatic carbocycles.